The van der Waals surface area contributed by atoms with Gasteiger partial charge in [-0.15, -0.1) is 5.56 Å². The van der Waals surface area contributed by atoms with Gasteiger partial charge in [-0.05, 0) is 70.2 Å². The minimum Gasteiger partial charge on any atom is -0.512 e. The number of carbonyl (C=O) groups excluding carboxylic acids is 1. The monoisotopic (exact) mass is 688 g/mol. The fourth-order valence-electron chi connectivity index (χ4n) is 4.33. The summed E-state index contributed by atoms with van der Waals surface area (Å²) < 4.78 is 2.50. The van der Waals surface area contributed by atoms with Crippen LogP contribution in [0.5, 0.6) is 0 Å². The van der Waals surface area contributed by atoms with Crippen molar-refractivity contribution in [3.05, 3.63) is 83.9 Å². The van der Waals surface area contributed by atoms with Gasteiger partial charge in [0.05, 0.1) is 5.76 Å². The van der Waals surface area contributed by atoms with E-state index in [0.717, 1.165) is 16.8 Å². The molecule has 2 aromatic carbocycles. The van der Waals surface area contributed by atoms with Crippen LogP contribution in [0.25, 0.3) is 42.3 Å². The van der Waals surface area contributed by atoms with Crippen molar-refractivity contribution in [2.45, 2.75) is 53.4 Å². The van der Waals surface area contributed by atoms with Crippen molar-refractivity contribution in [3.63, 3.8) is 0 Å². The van der Waals surface area contributed by atoms with E-state index >= 15 is 0 Å². The van der Waals surface area contributed by atoms with Crippen LogP contribution < -0.4 is 0 Å². The Morgan fingerprint density at radius 2 is 1.73 bits per heavy atom. The van der Waals surface area contributed by atoms with Crippen molar-refractivity contribution in [1.29, 1.82) is 0 Å². The molecule has 1 radical (unpaired) electrons. The second kappa shape index (κ2) is 12.1. The third kappa shape index (κ3) is 6.15. The van der Waals surface area contributed by atoms with Gasteiger partial charge in [0.15, 0.2) is 5.78 Å². The molecule has 1 N–H and O–H groups in total. The smallest absolute Gasteiger partial charge is 0.155 e. The van der Waals surface area contributed by atoms with Crippen molar-refractivity contribution >= 4 is 48.2 Å². The Hall–Kier alpha value is -2.92. The molecule has 0 unspecified atom stereocenters. The molecule has 0 bridgehead atoms. The summed E-state index contributed by atoms with van der Waals surface area (Å²) in [5.74, 6) is 0.920. The van der Waals surface area contributed by atoms with Crippen LogP contribution in [0.3, 0.4) is 0 Å². The first-order valence-corrected chi connectivity index (χ1v) is 13.0. The minimum atomic E-state index is -0.125. The van der Waals surface area contributed by atoms with Gasteiger partial charge in [-0.3, -0.25) is 9.78 Å². The Kier molecular flexibility index (Phi) is 9.35. The van der Waals surface area contributed by atoms with Gasteiger partial charge in [0, 0.05) is 48.0 Å². The number of thiophene rings is 1. The largest absolute Gasteiger partial charge is 0.512 e. The molecule has 193 valence electrons. The van der Waals surface area contributed by atoms with E-state index in [1.807, 2.05) is 17.5 Å². The number of ketones is 1. The molecule has 5 rings (SSSR count). The number of nitrogens with zero attached hydrogens (tertiary/aromatic N) is 2. The topological polar surface area (TPSA) is 63.1 Å². The number of aliphatic hydroxyl groups is 1. The summed E-state index contributed by atoms with van der Waals surface area (Å²) in [5.41, 5.74) is 5.82. The SMILES string of the molecule is CC(=O)/C=C(/C)O.CC(C)c1ccc2c(-c3[c-]cnc4c3sc3c(C(C)C)cccc34)nccc2c1.[Ir]. The molecule has 0 atom stereocenters. The van der Waals surface area contributed by atoms with E-state index in [2.05, 4.69) is 76.2 Å². The maximum absolute atomic E-state index is 10.0. The van der Waals surface area contributed by atoms with Crippen molar-refractivity contribution in [2.75, 3.05) is 0 Å². The Balaban J connectivity index is 0.000000422. The number of pyridine rings is 2. The molecule has 0 amide bonds. The molecule has 3 aromatic heterocycles. The van der Waals surface area contributed by atoms with E-state index in [9.17, 15) is 4.79 Å². The Morgan fingerprint density at radius 3 is 2.35 bits per heavy atom. The molecule has 0 saturated carbocycles. The second-order valence-corrected chi connectivity index (χ2v) is 10.6. The zero-order valence-electron chi connectivity index (χ0n) is 21.9. The first-order chi connectivity index (χ1) is 17.2. The average Bonchev–Trinajstić information content (AvgIpc) is 3.21. The Morgan fingerprint density at radius 1 is 0.973 bits per heavy atom. The maximum atomic E-state index is 10.0. The summed E-state index contributed by atoms with van der Waals surface area (Å²) in [6.45, 7) is 11.8. The van der Waals surface area contributed by atoms with Gasteiger partial charge < -0.3 is 10.1 Å². The van der Waals surface area contributed by atoms with Crippen LogP contribution in [-0.4, -0.2) is 20.9 Å². The summed E-state index contributed by atoms with van der Waals surface area (Å²) in [5, 5.41) is 12.0. The molecule has 0 saturated heterocycles. The molecule has 0 fully saturated rings. The van der Waals surface area contributed by atoms with Gasteiger partial charge in [0.2, 0.25) is 0 Å². The zero-order chi connectivity index (χ0) is 26.0. The van der Waals surface area contributed by atoms with Crippen LogP contribution in [0.15, 0.2) is 66.7 Å². The first-order valence-electron chi connectivity index (χ1n) is 12.2. The summed E-state index contributed by atoms with van der Waals surface area (Å²) in [7, 11) is 0. The molecule has 0 aliphatic heterocycles. The van der Waals surface area contributed by atoms with E-state index in [0.29, 0.717) is 11.8 Å². The molecule has 0 aliphatic rings. The zero-order valence-corrected chi connectivity index (χ0v) is 25.1. The summed E-state index contributed by atoms with van der Waals surface area (Å²) >= 11 is 1.82. The van der Waals surface area contributed by atoms with Crippen molar-refractivity contribution in [2.24, 2.45) is 0 Å². The summed E-state index contributed by atoms with van der Waals surface area (Å²) in [6, 6.07) is 18.8. The number of aromatic nitrogens is 2. The number of carbonyl (C=O) groups is 1. The van der Waals surface area contributed by atoms with Gasteiger partial charge >= 0.3 is 0 Å². The molecule has 4 nitrogen and oxygen atoms in total. The first kappa shape index (κ1) is 28.6. The van der Waals surface area contributed by atoms with Crippen molar-refractivity contribution in [1.82, 2.24) is 9.97 Å². The van der Waals surface area contributed by atoms with Crippen molar-refractivity contribution < 1.29 is 30.0 Å². The number of hydrogen-bond acceptors (Lipinski definition) is 5. The number of fused-ring (bicyclic) bond motifs is 4. The molecular formula is C31H31IrN2O2S-. The normalized spacial score (nSPS) is 11.6. The standard InChI is InChI=1S/C26H23N2S.C5H8O2.Ir/c1-15(2)17-8-9-20-18(14-17)10-12-27-23(20)22-11-13-28-24-21-7-5-6-19(16(3)4)25(21)29-26(22)24;1-4(6)3-5(2)7;/h5-10,12-16H,1-4H3;3,6H,1-2H3;/q-1;;/b;4-3-;. The number of rotatable bonds is 4. The van der Waals surface area contributed by atoms with Gasteiger partial charge in [0.25, 0.3) is 0 Å². The number of benzene rings is 2. The van der Waals surface area contributed by atoms with E-state index in [1.165, 1.54) is 56.6 Å². The van der Waals surface area contributed by atoms with Crippen LogP contribution in [-0.2, 0) is 24.9 Å². The van der Waals surface area contributed by atoms with Crippen LogP contribution in [0.1, 0.15) is 64.5 Å². The van der Waals surface area contributed by atoms with Crippen LogP contribution >= 0.6 is 11.3 Å². The predicted molar refractivity (Wildman–Crippen MR) is 152 cm³/mol. The Bertz CT molecular complexity index is 1600. The van der Waals surface area contributed by atoms with Gasteiger partial charge in [-0.1, -0.05) is 64.1 Å². The van der Waals surface area contributed by atoms with E-state index < -0.39 is 0 Å². The fourth-order valence-corrected chi connectivity index (χ4v) is 5.75. The van der Waals surface area contributed by atoms with Crippen LogP contribution in [0.4, 0.5) is 0 Å². The van der Waals surface area contributed by atoms with E-state index in [-0.39, 0.29) is 31.6 Å². The van der Waals surface area contributed by atoms with Crippen LogP contribution in [0, 0.1) is 6.07 Å². The molecule has 5 aromatic rings. The number of aliphatic hydroxyl groups excluding tert-OH is 1. The van der Waals surface area contributed by atoms with Crippen LogP contribution in [0.2, 0.25) is 0 Å². The molecule has 0 aliphatic carbocycles. The second-order valence-electron chi connectivity index (χ2n) is 9.63. The quantitative estimate of drug-likeness (QED) is 0.117. The third-order valence-corrected chi connectivity index (χ3v) is 7.34. The molecule has 3 heterocycles. The average molecular weight is 688 g/mol. The van der Waals surface area contributed by atoms with E-state index in [4.69, 9.17) is 15.1 Å². The molecule has 6 heteroatoms. The van der Waals surface area contributed by atoms with Gasteiger partial charge in [-0.2, -0.15) is 6.07 Å². The van der Waals surface area contributed by atoms with Gasteiger partial charge in [-0.25, -0.2) is 11.3 Å². The minimum absolute atomic E-state index is 0. The van der Waals surface area contributed by atoms with Gasteiger partial charge in [0.1, 0.15) is 0 Å². The van der Waals surface area contributed by atoms with Crippen molar-refractivity contribution in [3.8, 4) is 11.3 Å². The molecule has 37 heavy (non-hydrogen) atoms. The summed E-state index contributed by atoms with van der Waals surface area (Å²) in [6.07, 6.45) is 4.88. The fraction of sp³-hybridized carbons (Fsp3) is 0.258. The molecular weight excluding hydrogens is 657 g/mol. The Labute approximate surface area is 235 Å². The molecule has 0 spiro atoms. The number of hydrogen-bond donors (Lipinski definition) is 1. The third-order valence-electron chi connectivity index (χ3n) is 6.08. The maximum Gasteiger partial charge on any atom is 0.155 e. The van der Waals surface area contributed by atoms with E-state index in [1.54, 1.807) is 6.20 Å². The number of allylic oxidation sites excluding steroid dienone is 2. The summed E-state index contributed by atoms with van der Waals surface area (Å²) in [4.78, 5) is 19.5. The predicted octanol–water partition coefficient (Wildman–Crippen LogP) is 8.75.